The average molecular weight is 515 g/mol. The number of phenols is 2. The zero-order valence-electron chi connectivity index (χ0n) is 21.4. The van der Waals surface area contributed by atoms with E-state index in [2.05, 4.69) is 0 Å². The molecule has 0 amide bonds. The highest BCUT2D eigenvalue weighted by molar-refractivity contribution is 6.30. The molecule has 0 radical (unpaired) electrons. The molecule has 6 rings (SSSR count). The SMILES string of the molecule is C[C@H]1CC2=C(C(=O)c3c(ccc(-c4ccc5c(c4O)C(=O)C4=C(C[C@H](C)O[C@@H]4C)C5=O)c3O)C2=O)[C@@H](C)O1. The predicted molar refractivity (Wildman–Crippen MR) is 136 cm³/mol. The van der Waals surface area contributed by atoms with Gasteiger partial charge in [-0.15, -0.1) is 0 Å². The summed E-state index contributed by atoms with van der Waals surface area (Å²) < 4.78 is 11.5. The number of benzene rings is 2. The summed E-state index contributed by atoms with van der Waals surface area (Å²) in [7, 11) is 0. The van der Waals surface area contributed by atoms with Crippen LogP contribution in [-0.2, 0) is 9.47 Å². The third-order valence-corrected chi connectivity index (χ3v) is 7.95. The molecule has 2 N–H and O–H groups in total. The van der Waals surface area contributed by atoms with E-state index in [1.165, 1.54) is 24.3 Å². The first-order chi connectivity index (χ1) is 18.0. The van der Waals surface area contributed by atoms with Crippen molar-refractivity contribution in [3.63, 3.8) is 0 Å². The smallest absolute Gasteiger partial charge is 0.196 e. The van der Waals surface area contributed by atoms with Crippen molar-refractivity contribution in [1.29, 1.82) is 0 Å². The summed E-state index contributed by atoms with van der Waals surface area (Å²) in [6.07, 6.45) is -1.09. The first kappa shape index (κ1) is 24.5. The minimum absolute atomic E-state index is 0.0635. The van der Waals surface area contributed by atoms with E-state index in [4.69, 9.17) is 9.47 Å². The van der Waals surface area contributed by atoms with Gasteiger partial charge in [0.25, 0.3) is 0 Å². The molecule has 0 saturated heterocycles. The third-order valence-electron chi connectivity index (χ3n) is 7.95. The Balaban J connectivity index is 1.49. The molecule has 2 aliphatic carbocycles. The van der Waals surface area contributed by atoms with Crippen molar-refractivity contribution >= 4 is 23.1 Å². The first-order valence-corrected chi connectivity index (χ1v) is 12.7. The van der Waals surface area contributed by atoms with E-state index in [1.54, 1.807) is 13.8 Å². The molecule has 0 unspecified atom stereocenters. The standard InChI is InChI=1S/C30H26O8/c1-11-9-19-21(13(3)37-11)29(35)23-17(25(19)31)7-5-15(27(23)33)16-6-8-18-24(28(16)34)30(36)22-14(4)38-12(2)10-20(22)26(18)32/h5-8,11-14,33-34H,9-10H2,1-4H3/t11-,12-,13+,14+/m0/s1. The Morgan fingerprint density at radius 3 is 1.29 bits per heavy atom. The highest BCUT2D eigenvalue weighted by atomic mass is 16.5. The first-order valence-electron chi connectivity index (χ1n) is 12.7. The summed E-state index contributed by atoms with van der Waals surface area (Å²) in [4.78, 5) is 53.6. The van der Waals surface area contributed by atoms with Gasteiger partial charge in [0.15, 0.2) is 23.1 Å². The fraction of sp³-hybridized carbons (Fsp3) is 0.333. The number of carbonyl (C=O) groups is 4. The van der Waals surface area contributed by atoms with Gasteiger partial charge in [0.1, 0.15) is 11.5 Å². The summed E-state index contributed by atoms with van der Waals surface area (Å²) in [6, 6.07) is 5.77. The zero-order valence-corrected chi connectivity index (χ0v) is 21.4. The number of carbonyl (C=O) groups excluding carboxylic acids is 4. The Morgan fingerprint density at radius 1 is 0.579 bits per heavy atom. The molecule has 0 fully saturated rings. The van der Waals surface area contributed by atoms with Crippen LogP contribution in [0.2, 0.25) is 0 Å². The second-order valence-corrected chi connectivity index (χ2v) is 10.5. The Labute approximate surface area is 218 Å². The van der Waals surface area contributed by atoms with Crippen LogP contribution in [0.25, 0.3) is 11.1 Å². The molecule has 2 heterocycles. The molecular formula is C30H26O8. The number of phenolic OH excluding ortho intramolecular Hbond substituents is 2. The van der Waals surface area contributed by atoms with Crippen LogP contribution in [0.3, 0.4) is 0 Å². The van der Waals surface area contributed by atoms with Crippen molar-refractivity contribution in [2.24, 2.45) is 0 Å². The van der Waals surface area contributed by atoms with Gasteiger partial charge < -0.3 is 19.7 Å². The molecule has 0 saturated carbocycles. The van der Waals surface area contributed by atoms with Crippen LogP contribution in [0.5, 0.6) is 11.5 Å². The largest absolute Gasteiger partial charge is 0.506 e. The number of ketones is 4. The van der Waals surface area contributed by atoms with Crippen molar-refractivity contribution < 1.29 is 38.9 Å². The number of Topliss-reactive ketones (excluding diaryl/α,β-unsaturated/α-hetero) is 4. The van der Waals surface area contributed by atoms with Gasteiger partial charge in [-0.25, -0.2) is 0 Å². The monoisotopic (exact) mass is 514 g/mol. The molecule has 0 aromatic heterocycles. The van der Waals surface area contributed by atoms with Crippen LogP contribution in [0.15, 0.2) is 46.6 Å². The van der Waals surface area contributed by atoms with Crippen LogP contribution in [0.4, 0.5) is 0 Å². The van der Waals surface area contributed by atoms with Crippen molar-refractivity contribution in [3.8, 4) is 22.6 Å². The summed E-state index contributed by atoms with van der Waals surface area (Å²) in [5.41, 5.74) is 1.20. The van der Waals surface area contributed by atoms with Gasteiger partial charge in [-0.2, -0.15) is 0 Å². The lowest BCUT2D eigenvalue weighted by atomic mass is 9.76. The van der Waals surface area contributed by atoms with Crippen LogP contribution in [0.1, 0.15) is 82.0 Å². The average Bonchev–Trinajstić information content (AvgIpc) is 2.85. The molecule has 0 bridgehead atoms. The van der Waals surface area contributed by atoms with Crippen molar-refractivity contribution in [1.82, 2.24) is 0 Å². The summed E-state index contributed by atoms with van der Waals surface area (Å²) in [5.74, 6) is -2.65. The quantitative estimate of drug-likeness (QED) is 0.569. The molecule has 2 aliphatic heterocycles. The minimum Gasteiger partial charge on any atom is -0.506 e. The fourth-order valence-corrected chi connectivity index (χ4v) is 6.34. The molecule has 194 valence electrons. The van der Waals surface area contributed by atoms with Crippen molar-refractivity contribution in [3.05, 3.63) is 68.8 Å². The van der Waals surface area contributed by atoms with Crippen LogP contribution >= 0.6 is 0 Å². The lowest BCUT2D eigenvalue weighted by Crippen LogP contribution is -2.36. The van der Waals surface area contributed by atoms with Gasteiger partial charge >= 0.3 is 0 Å². The van der Waals surface area contributed by atoms with E-state index in [9.17, 15) is 29.4 Å². The second-order valence-electron chi connectivity index (χ2n) is 10.5. The van der Waals surface area contributed by atoms with Crippen LogP contribution < -0.4 is 0 Å². The summed E-state index contributed by atoms with van der Waals surface area (Å²) >= 11 is 0. The molecule has 8 nitrogen and oxygen atoms in total. The fourth-order valence-electron chi connectivity index (χ4n) is 6.34. The number of aromatic hydroxyl groups is 2. The van der Waals surface area contributed by atoms with Gasteiger partial charge in [0, 0.05) is 57.4 Å². The summed E-state index contributed by atoms with van der Waals surface area (Å²) in [5, 5.41) is 22.6. The van der Waals surface area contributed by atoms with E-state index >= 15 is 0 Å². The number of hydrogen-bond donors (Lipinski definition) is 2. The van der Waals surface area contributed by atoms with E-state index < -0.39 is 35.3 Å². The van der Waals surface area contributed by atoms with E-state index in [0.29, 0.717) is 24.0 Å². The van der Waals surface area contributed by atoms with Crippen molar-refractivity contribution in [2.45, 2.75) is 65.0 Å². The van der Waals surface area contributed by atoms with E-state index in [-0.39, 0.29) is 68.3 Å². The molecule has 4 aliphatic rings. The lowest BCUT2D eigenvalue weighted by molar-refractivity contribution is 0.0145. The second kappa shape index (κ2) is 8.31. The predicted octanol–water partition coefficient (Wildman–Crippen LogP) is 4.51. The third kappa shape index (κ3) is 3.23. The highest BCUT2D eigenvalue weighted by Gasteiger charge is 2.43. The maximum absolute atomic E-state index is 13.5. The molecule has 8 heteroatoms. The topological polar surface area (TPSA) is 127 Å². The Bertz CT molecular complexity index is 1460. The van der Waals surface area contributed by atoms with Gasteiger partial charge in [0.05, 0.1) is 35.5 Å². The molecule has 2 aromatic rings. The lowest BCUT2D eigenvalue weighted by Gasteiger charge is -2.33. The Hall–Kier alpha value is -3.88. The number of ether oxygens (including phenoxy) is 2. The van der Waals surface area contributed by atoms with Crippen molar-refractivity contribution in [2.75, 3.05) is 0 Å². The number of rotatable bonds is 1. The van der Waals surface area contributed by atoms with E-state index in [1.807, 2.05) is 13.8 Å². The van der Waals surface area contributed by atoms with Gasteiger partial charge in [-0.05, 0) is 52.0 Å². The molecular weight excluding hydrogens is 488 g/mol. The summed E-state index contributed by atoms with van der Waals surface area (Å²) in [6.45, 7) is 7.05. The minimum atomic E-state index is -0.618. The number of hydrogen-bond acceptors (Lipinski definition) is 8. The molecule has 2 aromatic carbocycles. The van der Waals surface area contributed by atoms with Gasteiger partial charge in [-0.3, -0.25) is 19.2 Å². The Kier molecular flexibility index (Phi) is 5.35. The maximum Gasteiger partial charge on any atom is 0.196 e. The van der Waals surface area contributed by atoms with Crippen LogP contribution in [0, 0.1) is 0 Å². The number of fused-ring (bicyclic) bond motifs is 2. The van der Waals surface area contributed by atoms with Crippen LogP contribution in [-0.4, -0.2) is 57.8 Å². The molecule has 4 atom stereocenters. The maximum atomic E-state index is 13.5. The van der Waals surface area contributed by atoms with Gasteiger partial charge in [0.2, 0.25) is 0 Å². The highest BCUT2D eigenvalue weighted by Crippen LogP contribution is 2.47. The van der Waals surface area contributed by atoms with E-state index in [0.717, 1.165) is 0 Å². The zero-order chi connectivity index (χ0) is 27.2. The normalized spacial score (nSPS) is 26.7. The molecule has 0 spiro atoms. The molecule has 38 heavy (non-hydrogen) atoms. The van der Waals surface area contributed by atoms with Gasteiger partial charge in [-0.1, -0.05) is 0 Å². The Morgan fingerprint density at radius 2 is 0.921 bits per heavy atom.